The highest BCUT2D eigenvalue weighted by Crippen LogP contribution is 2.29. The molecule has 2 amide bonds. The van der Waals surface area contributed by atoms with Crippen LogP contribution in [-0.4, -0.2) is 28.9 Å². The number of anilines is 1. The highest BCUT2D eigenvalue weighted by atomic mass is 32.1. The maximum atomic E-state index is 12.0. The van der Waals surface area contributed by atoms with E-state index in [4.69, 9.17) is 5.73 Å². The van der Waals surface area contributed by atoms with Gasteiger partial charge >= 0.3 is 0 Å². The Morgan fingerprint density at radius 1 is 1.42 bits per heavy atom. The number of amides is 2. The van der Waals surface area contributed by atoms with Crippen molar-refractivity contribution in [2.45, 2.75) is 44.2 Å². The van der Waals surface area contributed by atoms with Crippen molar-refractivity contribution in [2.75, 3.05) is 5.32 Å². The molecule has 2 aliphatic rings. The smallest absolute Gasteiger partial charge is 0.248 e. The second-order valence-corrected chi connectivity index (χ2v) is 6.12. The first-order valence-electron chi connectivity index (χ1n) is 6.46. The fourth-order valence-corrected chi connectivity index (χ4v) is 3.56. The van der Waals surface area contributed by atoms with E-state index in [1.165, 1.54) is 16.2 Å². The molecule has 1 aromatic rings. The minimum Gasteiger partial charge on any atom is -0.344 e. The number of nitrogens with zero attached hydrogens (tertiary/aromatic N) is 1. The molecule has 6 nitrogen and oxygen atoms in total. The Kier molecular flexibility index (Phi) is 3.24. The number of fused-ring (bicyclic) bond motifs is 1. The molecule has 1 aliphatic heterocycles. The number of carbonyl (C=O) groups is 2. The Hall–Kier alpha value is -1.47. The topological polar surface area (TPSA) is 97.1 Å². The molecule has 0 bridgehead atoms. The lowest BCUT2D eigenvalue weighted by Gasteiger charge is -2.15. The van der Waals surface area contributed by atoms with Crippen molar-refractivity contribution in [3.05, 3.63) is 10.6 Å². The zero-order chi connectivity index (χ0) is 13.4. The Morgan fingerprint density at radius 3 is 3.00 bits per heavy atom. The van der Waals surface area contributed by atoms with Gasteiger partial charge in [-0.15, -0.1) is 11.3 Å². The van der Waals surface area contributed by atoms with E-state index in [0.29, 0.717) is 18.0 Å². The third kappa shape index (κ3) is 2.62. The maximum Gasteiger partial charge on any atom is 0.248 e. The van der Waals surface area contributed by atoms with Crippen LogP contribution in [0.1, 0.15) is 29.8 Å². The molecule has 0 aromatic carbocycles. The molecule has 0 unspecified atom stereocenters. The van der Waals surface area contributed by atoms with Crippen LogP contribution in [0.4, 0.5) is 5.13 Å². The van der Waals surface area contributed by atoms with Gasteiger partial charge in [0.05, 0.1) is 5.69 Å². The van der Waals surface area contributed by atoms with Crippen LogP contribution in [-0.2, 0) is 22.4 Å². The fourth-order valence-electron chi connectivity index (χ4n) is 2.46. The van der Waals surface area contributed by atoms with Gasteiger partial charge in [-0.1, -0.05) is 0 Å². The SMILES string of the molecule is N[C@H]1CCc2nc(NC(=O)[C@@H]3CCC(=O)N3)sc2C1. The average molecular weight is 280 g/mol. The number of thiazole rings is 1. The monoisotopic (exact) mass is 280 g/mol. The Balaban J connectivity index is 1.67. The van der Waals surface area contributed by atoms with Crippen molar-refractivity contribution in [3.63, 3.8) is 0 Å². The summed E-state index contributed by atoms with van der Waals surface area (Å²) in [6, 6.07) is -0.221. The quantitative estimate of drug-likeness (QED) is 0.719. The predicted molar refractivity (Wildman–Crippen MR) is 71.9 cm³/mol. The number of nitrogens with two attached hydrogens (primary N) is 1. The number of rotatable bonds is 2. The minimum absolute atomic E-state index is 0.0652. The first kappa shape index (κ1) is 12.6. The molecule has 1 aromatic heterocycles. The van der Waals surface area contributed by atoms with Crippen LogP contribution in [0.25, 0.3) is 0 Å². The van der Waals surface area contributed by atoms with E-state index in [9.17, 15) is 9.59 Å². The summed E-state index contributed by atoms with van der Waals surface area (Å²) in [5.41, 5.74) is 6.97. The molecular formula is C12H16N4O2S. The molecule has 7 heteroatoms. The number of aromatic nitrogens is 1. The summed E-state index contributed by atoms with van der Waals surface area (Å²) in [5.74, 6) is -0.245. The van der Waals surface area contributed by atoms with Crippen molar-refractivity contribution >= 4 is 28.3 Å². The normalized spacial score (nSPS) is 25.8. The van der Waals surface area contributed by atoms with Crippen LogP contribution in [0.3, 0.4) is 0 Å². The standard InChI is InChI=1S/C12H16N4O2S/c13-6-1-2-7-9(5-6)19-12(15-7)16-11(18)8-3-4-10(17)14-8/h6,8H,1-5,13H2,(H,14,17)(H,15,16,18)/t6-,8-/m0/s1. The van der Waals surface area contributed by atoms with Crippen LogP contribution >= 0.6 is 11.3 Å². The lowest BCUT2D eigenvalue weighted by Crippen LogP contribution is -2.37. The number of carbonyl (C=O) groups excluding carboxylic acids is 2. The van der Waals surface area contributed by atoms with Gasteiger partial charge in [0.1, 0.15) is 6.04 Å². The Bertz CT molecular complexity index is 528. The first-order valence-corrected chi connectivity index (χ1v) is 7.28. The number of nitrogens with one attached hydrogen (secondary N) is 2. The predicted octanol–water partition coefficient (Wildman–Crippen LogP) is 0.176. The molecule has 4 N–H and O–H groups in total. The fraction of sp³-hybridized carbons (Fsp3) is 0.583. The van der Waals surface area contributed by atoms with Crippen molar-refractivity contribution in [2.24, 2.45) is 5.73 Å². The van der Waals surface area contributed by atoms with Gasteiger partial charge in [-0.25, -0.2) is 4.98 Å². The van der Waals surface area contributed by atoms with E-state index < -0.39 is 6.04 Å². The summed E-state index contributed by atoms with van der Waals surface area (Å²) in [6.45, 7) is 0. The molecule has 1 saturated heterocycles. The second kappa shape index (κ2) is 4.90. The van der Waals surface area contributed by atoms with Gasteiger partial charge in [0, 0.05) is 17.3 Å². The van der Waals surface area contributed by atoms with Gasteiger partial charge in [0.25, 0.3) is 0 Å². The van der Waals surface area contributed by atoms with Gasteiger partial charge < -0.3 is 16.4 Å². The molecule has 1 aliphatic carbocycles. The lowest BCUT2D eigenvalue weighted by molar-refractivity contribution is -0.122. The zero-order valence-corrected chi connectivity index (χ0v) is 11.3. The molecule has 0 radical (unpaired) electrons. The highest BCUT2D eigenvalue weighted by molar-refractivity contribution is 7.15. The third-order valence-corrected chi connectivity index (χ3v) is 4.56. The largest absolute Gasteiger partial charge is 0.344 e. The lowest BCUT2D eigenvalue weighted by atomic mass is 9.99. The maximum absolute atomic E-state index is 12.0. The average Bonchev–Trinajstić information content (AvgIpc) is 2.94. The van der Waals surface area contributed by atoms with Gasteiger partial charge in [0.2, 0.25) is 11.8 Å². The number of aryl methyl sites for hydroxylation is 1. The van der Waals surface area contributed by atoms with Gasteiger partial charge in [-0.2, -0.15) is 0 Å². The van der Waals surface area contributed by atoms with Gasteiger partial charge in [-0.3, -0.25) is 9.59 Å². The van der Waals surface area contributed by atoms with E-state index in [-0.39, 0.29) is 17.9 Å². The Labute approximate surface area is 114 Å². The highest BCUT2D eigenvalue weighted by Gasteiger charge is 2.28. The van der Waals surface area contributed by atoms with E-state index in [1.54, 1.807) is 0 Å². The Morgan fingerprint density at radius 2 is 2.26 bits per heavy atom. The van der Waals surface area contributed by atoms with Gasteiger partial charge in [-0.05, 0) is 25.7 Å². The molecule has 2 atom stereocenters. The third-order valence-electron chi connectivity index (χ3n) is 3.52. The first-order chi connectivity index (χ1) is 9.11. The molecule has 0 spiro atoms. The zero-order valence-electron chi connectivity index (χ0n) is 10.4. The van der Waals surface area contributed by atoms with E-state index in [2.05, 4.69) is 15.6 Å². The number of hydrogen-bond donors (Lipinski definition) is 3. The number of hydrogen-bond acceptors (Lipinski definition) is 5. The molecule has 102 valence electrons. The summed E-state index contributed by atoms with van der Waals surface area (Å²) in [7, 11) is 0. The van der Waals surface area contributed by atoms with Crippen LogP contribution in [0, 0.1) is 0 Å². The van der Waals surface area contributed by atoms with E-state index in [1.807, 2.05) is 0 Å². The summed E-state index contributed by atoms with van der Waals surface area (Å²) >= 11 is 1.49. The van der Waals surface area contributed by atoms with Gasteiger partial charge in [0.15, 0.2) is 5.13 Å². The van der Waals surface area contributed by atoms with Crippen molar-refractivity contribution in [1.29, 1.82) is 0 Å². The van der Waals surface area contributed by atoms with Crippen LogP contribution < -0.4 is 16.4 Å². The summed E-state index contributed by atoms with van der Waals surface area (Å²) in [5, 5.41) is 6.05. The van der Waals surface area contributed by atoms with E-state index >= 15 is 0 Å². The van der Waals surface area contributed by atoms with Crippen molar-refractivity contribution in [3.8, 4) is 0 Å². The molecule has 2 heterocycles. The van der Waals surface area contributed by atoms with Crippen LogP contribution in [0.2, 0.25) is 0 Å². The van der Waals surface area contributed by atoms with Crippen molar-refractivity contribution < 1.29 is 9.59 Å². The molecule has 3 rings (SSSR count). The summed E-state index contributed by atoms with van der Waals surface area (Å²) in [6.07, 6.45) is 3.64. The molecule has 0 saturated carbocycles. The van der Waals surface area contributed by atoms with Crippen LogP contribution in [0.15, 0.2) is 0 Å². The minimum atomic E-state index is -0.421. The van der Waals surface area contributed by atoms with Crippen molar-refractivity contribution in [1.82, 2.24) is 10.3 Å². The summed E-state index contributed by atoms with van der Waals surface area (Å²) < 4.78 is 0. The summed E-state index contributed by atoms with van der Waals surface area (Å²) in [4.78, 5) is 28.6. The molecule has 1 fully saturated rings. The molecule has 19 heavy (non-hydrogen) atoms. The second-order valence-electron chi connectivity index (χ2n) is 5.04. The molecular weight excluding hydrogens is 264 g/mol. The van der Waals surface area contributed by atoms with Crippen LogP contribution in [0.5, 0.6) is 0 Å². The van der Waals surface area contributed by atoms with E-state index in [0.717, 1.165) is 25.0 Å².